The van der Waals surface area contributed by atoms with Crippen LogP contribution in [0.15, 0.2) is 18.3 Å². The number of aromatic nitrogens is 1. The highest BCUT2D eigenvalue weighted by Gasteiger charge is 2.12. The van der Waals surface area contributed by atoms with Gasteiger partial charge in [-0.1, -0.05) is 6.92 Å². The van der Waals surface area contributed by atoms with Gasteiger partial charge >= 0.3 is 0 Å². The predicted octanol–water partition coefficient (Wildman–Crippen LogP) is 1.33. The Bertz CT molecular complexity index is 320. The van der Waals surface area contributed by atoms with Gasteiger partial charge in [-0.05, 0) is 18.6 Å². The Morgan fingerprint density at radius 2 is 2.19 bits per heavy atom. The van der Waals surface area contributed by atoms with Gasteiger partial charge in [-0.15, -0.1) is 0 Å². The molecule has 0 aromatic carbocycles. The van der Waals surface area contributed by atoms with Crippen LogP contribution in [0.1, 0.15) is 25.1 Å². The van der Waals surface area contributed by atoms with Crippen LogP contribution in [-0.2, 0) is 4.74 Å². The van der Waals surface area contributed by atoms with E-state index in [1.807, 2.05) is 12.3 Å². The maximum absolute atomic E-state index is 5.93. The summed E-state index contributed by atoms with van der Waals surface area (Å²) in [6.45, 7) is 5.57. The van der Waals surface area contributed by atoms with Gasteiger partial charge in [0.05, 0.1) is 30.8 Å². The van der Waals surface area contributed by atoms with E-state index in [1.165, 1.54) is 0 Å². The zero-order chi connectivity index (χ0) is 11.4. The molecule has 1 saturated heterocycles. The zero-order valence-electron chi connectivity index (χ0n) is 9.72. The molecule has 1 atom stereocenters. The van der Waals surface area contributed by atoms with Crippen LogP contribution in [0.25, 0.3) is 0 Å². The van der Waals surface area contributed by atoms with Gasteiger partial charge in [0.15, 0.2) is 0 Å². The van der Waals surface area contributed by atoms with Gasteiger partial charge < -0.3 is 15.4 Å². The van der Waals surface area contributed by atoms with E-state index in [9.17, 15) is 0 Å². The Morgan fingerprint density at radius 3 is 2.75 bits per heavy atom. The fourth-order valence-electron chi connectivity index (χ4n) is 1.83. The van der Waals surface area contributed by atoms with Crippen LogP contribution in [0.5, 0.6) is 0 Å². The van der Waals surface area contributed by atoms with E-state index >= 15 is 0 Å². The molecule has 1 aromatic heterocycles. The first kappa shape index (κ1) is 11.4. The lowest BCUT2D eigenvalue weighted by Crippen LogP contribution is -2.36. The van der Waals surface area contributed by atoms with Crippen molar-refractivity contribution in [2.24, 2.45) is 5.73 Å². The van der Waals surface area contributed by atoms with E-state index in [0.717, 1.165) is 44.1 Å². The van der Waals surface area contributed by atoms with Crippen LogP contribution in [0.2, 0.25) is 0 Å². The Balaban J connectivity index is 2.06. The van der Waals surface area contributed by atoms with Crippen molar-refractivity contribution in [2.45, 2.75) is 19.4 Å². The van der Waals surface area contributed by atoms with Crippen molar-refractivity contribution in [3.05, 3.63) is 24.0 Å². The summed E-state index contributed by atoms with van der Waals surface area (Å²) in [7, 11) is 0. The van der Waals surface area contributed by atoms with Crippen LogP contribution < -0.4 is 10.6 Å². The first-order valence-corrected chi connectivity index (χ1v) is 5.85. The number of anilines is 1. The summed E-state index contributed by atoms with van der Waals surface area (Å²) >= 11 is 0. The molecular weight excluding hydrogens is 202 g/mol. The molecule has 2 rings (SSSR count). The third-order valence-corrected chi connectivity index (χ3v) is 2.97. The molecule has 0 unspecified atom stereocenters. The Hall–Kier alpha value is -1.13. The molecule has 1 aliphatic heterocycles. The average Bonchev–Trinajstić information content (AvgIpc) is 2.39. The standard InChI is InChI=1S/C12H19N3O/c1-2-11(13)12-4-3-10(9-14-12)15-5-7-16-8-6-15/h3-4,9,11H,2,5-8,13H2,1H3/t11-/m0/s1. The minimum Gasteiger partial charge on any atom is -0.378 e. The third kappa shape index (κ3) is 2.51. The van der Waals surface area contributed by atoms with E-state index in [4.69, 9.17) is 10.5 Å². The van der Waals surface area contributed by atoms with Crippen LogP contribution in [0, 0.1) is 0 Å². The molecule has 1 aromatic rings. The summed E-state index contributed by atoms with van der Waals surface area (Å²) in [6.07, 6.45) is 2.83. The summed E-state index contributed by atoms with van der Waals surface area (Å²) in [5.41, 5.74) is 8.06. The first-order chi connectivity index (χ1) is 7.81. The van der Waals surface area contributed by atoms with Crippen molar-refractivity contribution in [1.29, 1.82) is 0 Å². The van der Waals surface area contributed by atoms with E-state index in [2.05, 4.69) is 22.9 Å². The van der Waals surface area contributed by atoms with Crippen molar-refractivity contribution in [3.8, 4) is 0 Å². The smallest absolute Gasteiger partial charge is 0.0642 e. The Morgan fingerprint density at radius 1 is 1.44 bits per heavy atom. The zero-order valence-corrected chi connectivity index (χ0v) is 9.72. The van der Waals surface area contributed by atoms with Crippen LogP contribution in [0.4, 0.5) is 5.69 Å². The summed E-state index contributed by atoms with van der Waals surface area (Å²) in [5.74, 6) is 0. The van der Waals surface area contributed by atoms with E-state index in [0.29, 0.717) is 0 Å². The monoisotopic (exact) mass is 221 g/mol. The lowest BCUT2D eigenvalue weighted by Gasteiger charge is -2.28. The molecule has 88 valence electrons. The Labute approximate surface area is 96.4 Å². The fourth-order valence-corrected chi connectivity index (χ4v) is 1.83. The molecule has 4 heteroatoms. The normalized spacial score (nSPS) is 18.5. The molecule has 0 spiro atoms. The number of nitrogens with zero attached hydrogens (tertiary/aromatic N) is 2. The summed E-state index contributed by atoms with van der Waals surface area (Å²) in [5, 5.41) is 0. The fraction of sp³-hybridized carbons (Fsp3) is 0.583. The second-order valence-electron chi connectivity index (χ2n) is 4.06. The molecule has 0 saturated carbocycles. The highest BCUT2D eigenvalue weighted by atomic mass is 16.5. The summed E-state index contributed by atoms with van der Waals surface area (Å²) in [4.78, 5) is 6.71. The molecule has 2 heterocycles. The van der Waals surface area contributed by atoms with Gasteiger partial charge in [-0.3, -0.25) is 4.98 Å². The van der Waals surface area contributed by atoms with Crippen molar-refractivity contribution in [2.75, 3.05) is 31.2 Å². The SMILES string of the molecule is CC[C@H](N)c1ccc(N2CCOCC2)cn1. The van der Waals surface area contributed by atoms with Crippen LogP contribution in [-0.4, -0.2) is 31.3 Å². The van der Waals surface area contributed by atoms with Crippen molar-refractivity contribution < 1.29 is 4.74 Å². The first-order valence-electron chi connectivity index (χ1n) is 5.85. The molecule has 16 heavy (non-hydrogen) atoms. The van der Waals surface area contributed by atoms with E-state index < -0.39 is 0 Å². The quantitative estimate of drug-likeness (QED) is 0.836. The third-order valence-electron chi connectivity index (χ3n) is 2.97. The molecule has 1 fully saturated rings. The summed E-state index contributed by atoms with van der Waals surface area (Å²) < 4.78 is 5.32. The van der Waals surface area contributed by atoms with Crippen LogP contribution in [0.3, 0.4) is 0 Å². The minimum absolute atomic E-state index is 0.0544. The van der Waals surface area contributed by atoms with Gasteiger partial charge in [-0.2, -0.15) is 0 Å². The van der Waals surface area contributed by atoms with Gasteiger partial charge in [0.25, 0.3) is 0 Å². The number of hydrogen-bond donors (Lipinski definition) is 1. The molecule has 0 bridgehead atoms. The maximum Gasteiger partial charge on any atom is 0.0642 e. The topological polar surface area (TPSA) is 51.4 Å². The average molecular weight is 221 g/mol. The molecule has 0 radical (unpaired) electrons. The van der Waals surface area contributed by atoms with Gasteiger partial charge in [0.2, 0.25) is 0 Å². The molecular formula is C12H19N3O. The van der Waals surface area contributed by atoms with E-state index in [-0.39, 0.29) is 6.04 Å². The maximum atomic E-state index is 5.93. The van der Waals surface area contributed by atoms with Gasteiger partial charge in [-0.25, -0.2) is 0 Å². The molecule has 1 aliphatic rings. The second kappa shape index (κ2) is 5.27. The lowest BCUT2D eigenvalue weighted by atomic mass is 10.1. The van der Waals surface area contributed by atoms with Crippen molar-refractivity contribution in [3.63, 3.8) is 0 Å². The largest absolute Gasteiger partial charge is 0.378 e. The second-order valence-corrected chi connectivity index (χ2v) is 4.06. The molecule has 0 aliphatic carbocycles. The number of rotatable bonds is 3. The number of ether oxygens (including phenoxy) is 1. The Kier molecular flexibility index (Phi) is 3.74. The number of pyridine rings is 1. The molecule has 2 N–H and O–H groups in total. The highest BCUT2D eigenvalue weighted by Crippen LogP contribution is 2.17. The number of morpholine rings is 1. The molecule has 4 nitrogen and oxygen atoms in total. The number of hydrogen-bond acceptors (Lipinski definition) is 4. The van der Waals surface area contributed by atoms with Crippen LogP contribution >= 0.6 is 0 Å². The minimum atomic E-state index is 0.0544. The summed E-state index contributed by atoms with van der Waals surface area (Å²) in [6, 6.07) is 4.18. The van der Waals surface area contributed by atoms with Crippen molar-refractivity contribution in [1.82, 2.24) is 4.98 Å². The van der Waals surface area contributed by atoms with Crippen molar-refractivity contribution >= 4 is 5.69 Å². The number of nitrogens with two attached hydrogens (primary N) is 1. The van der Waals surface area contributed by atoms with Gasteiger partial charge in [0, 0.05) is 19.1 Å². The lowest BCUT2D eigenvalue weighted by molar-refractivity contribution is 0.122. The van der Waals surface area contributed by atoms with Gasteiger partial charge in [0.1, 0.15) is 0 Å². The highest BCUT2D eigenvalue weighted by molar-refractivity contribution is 5.45. The van der Waals surface area contributed by atoms with E-state index in [1.54, 1.807) is 0 Å². The predicted molar refractivity (Wildman–Crippen MR) is 64.5 cm³/mol. The molecule has 0 amide bonds.